The lowest BCUT2D eigenvalue weighted by atomic mass is 10.2. The van der Waals surface area contributed by atoms with Gasteiger partial charge in [0, 0.05) is 0 Å². The van der Waals surface area contributed by atoms with Gasteiger partial charge in [-0.3, -0.25) is 4.74 Å². The zero-order chi connectivity index (χ0) is 33.2. The standard InChI is InChI=1S/C17H17F15O9S/c1-11(6-37-10(33)16(28,17(29,30)31)41-13(22,23)4-12(19,20)21)39-8(2-36-7-15(26,27)42(32,34)35)9(40-11)3-38-14(24,25)5-18/h8-9H,2-7H2,1H3. The normalized spacial score (nSPS) is 24.5. The van der Waals surface area contributed by atoms with Gasteiger partial charge < -0.3 is 23.7 Å². The predicted octanol–water partition coefficient (Wildman–Crippen LogP) is 4.31. The maximum Gasteiger partial charge on any atom is 0.460 e. The van der Waals surface area contributed by atoms with E-state index in [-0.39, 0.29) is 0 Å². The molecule has 0 amide bonds. The number of esters is 1. The Kier molecular flexibility index (Phi) is 11.5. The topological polar surface area (TPSA) is 107 Å². The van der Waals surface area contributed by atoms with Crippen molar-refractivity contribution >= 4 is 16.2 Å². The van der Waals surface area contributed by atoms with Gasteiger partial charge in [-0.05, 0) is 6.92 Å². The first-order chi connectivity index (χ1) is 18.5. The first-order valence-electron chi connectivity index (χ1n) is 10.4. The SMILES string of the molecule is CC1(COC(=O)C(F)(OC(F)(F)CC(F)(F)F)C(F)(F)F)OC(COCC(F)(F)S(=O)(=O)F)C(COC(F)(F)CF)O1. The second-order valence-electron chi connectivity index (χ2n) is 8.32. The van der Waals surface area contributed by atoms with E-state index in [2.05, 4.69) is 18.9 Å². The number of hydrogen-bond donors (Lipinski definition) is 0. The van der Waals surface area contributed by atoms with Gasteiger partial charge >= 0.3 is 51.9 Å². The molecule has 0 N–H and O–H groups in total. The second kappa shape index (κ2) is 12.6. The highest BCUT2D eigenvalue weighted by Gasteiger charge is 2.70. The summed E-state index contributed by atoms with van der Waals surface area (Å²) >= 11 is 0. The summed E-state index contributed by atoms with van der Waals surface area (Å²) in [6, 6.07) is 0. The van der Waals surface area contributed by atoms with Gasteiger partial charge in [0.15, 0.2) is 6.67 Å². The molecule has 0 spiro atoms. The molecule has 42 heavy (non-hydrogen) atoms. The molecule has 0 aliphatic carbocycles. The van der Waals surface area contributed by atoms with Crippen molar-refractivity contribution < 1.29 is 107 Å². The summed E-state index contributed by atoms with van der Waals surface area (Å²) in [6.07, 6.45) is -30.8. The lowest BCUT2D eigenvalue weighted by molar-refractivity contribution is -0.412. The molecule has 9 nitrogen and oxygen atoms in total. The third-order valence-electron chi connectivity index (χ3n) is 4.53. The molecule has 1 fully saturated rings. The fourth-order valence-electron chi connectivity index (χ4n) is 2.76. The molecule has 1 rings (SSSR count). The number of alkyl halides is 14. The molecule has 0 saturated carbocycles. The van der Waals surface area contributed by atoms with E-state index in [0.29, 0.717) is 6.92 Å². The van der Waals surface area contributed by atoms with Crippen molar-refractivity contribution in [2.75, 3.05) is 33.1 Å². The molecule has 0 radical (unpaired) electrons. The number of carbonyl (C=O) groups is 1. The van der Waals surface area contributed by atoms with E-state index in [1.165, 1.54) is 0 Å². The van der Waals surface area contributed by atoms with Crippen LogP contribution in [0.2, 0.25) is 0 Å². The summed E-state index contributed by atoms with van der Waals surface area (Å²) in [6.45, 7) is -8.82. The van der Waals surface area contributed by atoms with Crippen molar-refractivity contribution in [1.82, 2.24) is 0 Å². The monoisotopic (exact) mass is 682 g/mol. The minimum Gasteiger partial charge on any atom is -0.455 e. The molecule has 250 valence electrons. The van der Waals surface area contributed by atoms with E-state index in [9.17, 15) is 78.6 Å². The highest BCUT2D eigenvalue weighted by Crippen LogP contribution is 2.44. The molecule has 0 aromatic rings. The van der Waals surface area contributed by atoms with E-state index in [4.69, 9.17) is 9.47 Å². The van der Waals surface area contributed by atoms with Crippen LogP contribution in [0.3, 0.4) is 0 Å². The summed E-state index contributed by atoms with van der Waals surface area (Å²) in [5, 5.41) is -5.17. The zero-order valence-corrected chi connectivity index (χ0v) is 21.0. The summed E-state index contributed by atoms with van der Waals surface area (Å²) in [5.41, 5.74) is 0. The summed E-state index contributed by atoms with van der Waals surface area (Å²) in [5.74, 6) is -12.5. The molecule has 4 atom stereocenters. The molecule has 1 saturated heterocycles. The van der Waals surface area contributed by atoms with Gasteiger partial charge in [0.1, 0.15) is 31.8 Å². The van der Waals surface area contributed by atoms with Gasteiger partial charge in [-0.25, -0.2) is 9.18 Å². The Balaban J connectivity index is 3.10. The average molecular weight is 682 g/mol. The van der Waals surface area contributed by atoms with Crippen molar-refractivity contribution in [3.8, 4) is 0 Å². The fraction of sp³-hybridized carbons (Fsp3) is 0.941. The molecule has 0 aromatic heterocycles. The van der Waals surface area contributed by atoms with Crippen molar-refractivity contribution in [3.63, 3.8) is 0 Å². The van der Waals surface area contributed by atoms with Crippen molar-refractivity contribution in [2.45, 2.75) is 67.0 Å². The second-order valence-corrected chi connectivity index (χ2v) is 9.79. The van der Waals surface area contributed by atoms with E-state index in [1.54, 1.807) is 0 Å². The third-order valence-corrected chi connectivity index (χ3v) is 5.36. The van der Waals surface area contributed by atoms with Gasteiger partial charge in [0.2, 0.25) is 5.79 Å². The maximum absolute atomic E-state index is 14.3. The Morgan fingerprint density at radius 2 is 1.36 bits per heavy atom. The van der Waals surface area contributed by atoms with Crippen molar-refractivity contribution in [1.29, 1.82) is 0 Å². The largest absolute Gasteiger partial charge is 0.460 e. The first-order valence-corrected chi connectivity index (χ1v) is 11.8. The predicted molar refractivity (Wildman–Crippen MR) is 98.4 cm³/mol. The fourth-order valence-corrected chi connectivity index (χ4v) is 2.98. The lowest BCUT2D eigenvalue weighted by Gasteiger charge is -2.31. The highest BCUT2D eigenvalue weighted by atomic mass is 32.3. The van der Waals surface area contributed by atoms with Gasteiger partial charge in [-0.2, -0.15) is 65.5 Å². The maximum atomic E-state index is 14.3. The lowest BCUT2D eigenvalue weighted by Crippen LogP contribution is -2.56. The van der Waals surface area contributed by atoms with Crippen LogP contribution < -0.4 is 0 Å². The Morgan fingerprint density at radius 1 is 0.857 bits per heavy atom. The molecule has 1 heterocycles. The van der Waals surface area contributed by atoms with Gasteiger partial charge in [-0.15, -0.1) is 0 Å². The molecular weight excluding hydrogens is 665 g/mol. The van der Waals surface area contributed by atoms with Gasteiger partial charge in [-0.1, -0.05) is 3.89 Å². The molecule has 1 aliphatic rings. The molecule has 0 aromatic carbocycles. The first kappa shape index (κ1) is 38.2. The zero-order valence-electron chi connectivity index (χ0n) is 20.1. The Bertz CT molecular complexity index is 1040. The number of carbonyl (C=O) groups excluding carboxylic acids is 1. The van der Waals surface area contributed by atoms with Crippen LogP contribution in [0.15, 0.2) is 0 Å². The highest BCUT2D eigenvalue weighted by molar-refractivity contribution is 7.87. The van der Waals surface area contributed by atoms with Crippen LogP contribution in [0, 0.1) is 0 Å². The number of rotatable bonds is 15. The quantitative estimate of drug-likeness (QED) is 0.142. The van der Waals surface area contributed by atoms with Crippen LogP contribution >= 0.6 is 0 Å². The van der Waals surface area contributed by atoms with Crippen LogP contribution in [-0.4, -0.2) is 101 Å². The van der Waals surface area contributed by atoms with E-state index >= 15 is 0 Å². The number of ether oxygens (including phenoxy) is 6. The van der Waals surface area contributed by atoms with Crippen LogP contribution in [0.4, 0.5) is 65.4 Å². The van der Waals surface area contributed by atoms with Crippen LogP contribution in [0.25, 0.3) is 0 Å². The number of hydrogen-bond acceptors (Lipinski definition) is 9. The third kappa shape index (κ3) is 10.7. The van der Waals surface area contributed by atoms with E-state index in [1.807, 2.05) is 0 Å². The Hall–Kier alpha value is -1.83. The van der Waals surface area contributed by atoms with Gasteiger partial charge in [0.05, 0.1) is 13.2 Å². The molecule has 1 aliphatic heterocycles. The van der Waals surface area contributed by atoms with Crippen LogP contribution in [-0.2, 0) is 43.4 Å². The average Bonchev–Trinajstić information content (AvgIpc) is 3.08. The van der Waals surface area contributed by atoms with Crippen molar-refractivity contribution in [2.24, 2.45) is 0 Å². The van der Waals surface area contributed by atoms with Crippen molar-refractivity contribution in [3.05, 3.63) is 0 Å². The Morgan fingerprint density at radius 3 is 1.79 bits per heavy atom. The summed E-state index contributed by atoms with van der Waals surface area (Å²) in [4.78, 5) is 11.8. The Labute approximate surface area is 224 Å². The smallest absolute Gasteiger partial charge is 0.455 e. The van der Waals surface area contributed by atoms with Crippen LogP contribution in [0.5, 0.6) is 0 Å². The minimum absolute atomic E-state index is 0.549. The van der Waals surface area contributed by atoms with E-state index < -0.39 is 109 Å². The summed E-state index contributed by atoms with van der Waals surface area (Å²) < 4.78 is 239. The van der Waals surface area contributed by atoms with Crippen LogP contribution in [0.1, 0.15) is 13.3 Å². The minimum atomic E-state index is -6.80. The summed E-state index contributed by atoms with van der Waals surface area (Å²) in [7, 11) is -6.54. The van der Waals surface area contributed by atoms with E-state index in [0.717, 1.165) is 0 Å². The molecular formula is C17H17F15O9S. The number of halogens is 15. The molecule has 25 heteroatoms. The van der Waals surface area contributed by atoms with Gasteiger partial charge in [0.25, 0.3) is 0 Å². The molecule has 4 unspecified atom stereocenters. The molecule has 0 bridgehead atoms.